The number of benzene rings is 2. The first kappa shape index (κ1) is 16.8. The Morgan fingerprint density at radius 3 is 2.44 bits per heavy atom. The van der Waals surface area contributed by atoms with Crippen LogP contribution >= 0.6 is 0 Å². The fraction of sp³-hybridized carbons (Fsp3) is 0.200. The second kappa shape index (κ2) is 6.81. The molecule has 0 bridgehead atoms. The van der Waals surface area contributed by atoms with E-state index in [9.17, 15) is 9.59 Å². The van der Waals surface area contributed by atoms with E-state index >= 15 is 0 Å². The Balaban J connectivity index is 2.36. The molecule has 3 aromatic rings. The summed E-state index contributed by atoms with van der Waals surface area (Å²) in [6.45, 7) is 1.51. The van der Waals surface area contributed by atoms with Crippen molar-refractivity contribution in [1.29, 1.82) is 0 Å². The van der Waals surface area contributed by atoms with Crippen molar-refractivity contribution < 1.29 is 19.4 Å². The number of aliphatic carboxylic acids is 1. The van der Waals surface area contributed by atoms with Gasteiger partial charge in [0.1, 0.15) is 5.75 Å². The topological polar surface area (TPSA) is 68.5 Å². The molecule has 0 aliphatic rings. The van der Waals surface area contributed by atoms with Crippen LogP contribution in [0, 0.1) is 0 Å². The number of aromatic nitrogens is 1. The summed E-state index contributed by atoms with van der Waals surface area (Å²) in [7, 11) is 1.58. The lowest BCUT2D eigenvalue weighted by atomic mass is 10.0. The molecule has 1 N–H and O–H groups in total. The third kappa shape index (κ3) is 3.13. The van der Waals surface area contributed by atoms with E-state index in [4.69, 9.17) is 9.84 Å². The lowest BCUT2D eigenvalue weighted by molar-refractivity contribution is -0.136. The SMILES string of the molecule is COc1ccc2c(c1)c(CCC(=O)O)c(-c1ccccc1)n2C(C)=O. The molecule has 0 aliphatic carbocycles. The molecule has 5 heteroatoms. The molecule has 128 valence electrons. The third-order valence-electron chi connectivity index (χ3n) is 4.23. The summed E-state index contributed by atoms with van der Waals surface area (Å²) in [6.07, 6.45) is 0.331. The fourth-order valence-corrected chi connectivity index (χ4v) is 3.17. The molecule has 1 heterocycles. The highest BCUT2D eigenvalue weighted by molar-refractivity contribution is 6.01. The highest BCUT2D eigenvalue weighted by Gasteiger charge is 2.21. The van der Waals surface area contributed by atoms with Crippen LogP contribution in [-0.4, -0.2) is 28.7 Å². The number of carbonyl (C=O) groups is 2. The van der Waals surface area contributed by atoms with Crippen LogP contribution in [0.4, 0.5) is 0 Å². The lowest BCUT2D eigenvalue weighted by Crippen LogP contribution is -2.08. The first-order chi connectivity index (χ1) is 12.0. The van der Waals surface area contributed by atoms with Gasteiger partial charge in [-0.25, -0.2) is 0 Å². The fourth-order valence-electron chi connectivity index (χ4n) is 3.17. The molecular weight excluding hydrogens is 318 g/mol. The summed E-state index contributed by atoms with van der Waals surface area (Å²) < 4.78 is 6.96. The van der Waals surface area contributed by atoms with Gasteiger partial charge in [-0.2, -0.15) is 0 Å². The van der Waals surface area contributed by atoms with Crippen LogP contribution in [0.3, 0.4) is 0 Å². The second-order valence-electron chi connectivity index (χ2n) is 5.82. The predicted octanol–water partition coefficient (Wildman–Crippen LogP) is 3.99. The molecule has 0 unspecified atom stereocenters. The molecule has 0 saturated carbocycles. The van der Waals surface area contributed by atoms with Crippen LogP contribution in [0.1, 0.15) is 23.7 Å². The van der Waals surface area contributed by atoms with Crippen LogP contribution < -0.4 is 4.74 Å². The number of nitrogens with zero attached hydrogens (tertiary/aromatic N) is 1. The molecule has 0 radical (unpaired) electrons. The second-order valence-corrected chi connectivity index (χ2v) is 5.82. The maximum Gasteiger partial charge on any atom is 0.303 e. The number of carboxylic acid groups (broad SMARTS) is 1. The molecule has 1 aromatic heterocycles. The number of hydrogen-bond acceptors (Lipinski definition) is 3. The van der Waals surface area contributed by atoms with Gasteiger partial charge >= 0.3 is 5.97 Å². The van der Waals surface area contributed by atoms with Crippen LogP contribution in [0.25, 0.3) is 22.2 Å². The van der Waals surface area contributed by atoms with Crippen molar-refractivity contribution >= 4 is 22.8 Å². The summed E-state index contributed by atoms with van der Waals surface area (Å²) in [5, 5.41) is 9.97. The molecule has 0 amide bonds. The van der Waals surface area contributed by atoms with E-state index in [0.717, 1.165) is 27.7 Å². The van der Waals surface area contributed by atoms with Gasteiger partial charge in [-0.3, -0.25) is 14.2 Å². The smallest absolute Gasteiger partial charge is 0.303 e. The molecule has 5 nitrogen and oxygen atoms in total. The van der Waals surface area contributed by atoms with Crippen LogP contribution in [-0.2, 0) is 11.2 Å². The van der Waals surface area contributed by atoms with Gasteiger partial charge in [0, 0.05) is 18.7 Å². The predicted molar refractivity (Wildman–Crippen MR) is 96.2 cm³/mol. The van der Waals surface area contributed by atoms with Gasteiger partial charge in [-0.05, 0) is 35.7 Å². The van der Waals surface area contributed by atoms with Crippen molar-refractivity contribution in [3.8, 4) is 17.0 Å². The minimum absolute atomic E-state index is 0.00589. The zero-order chi connectivity index (χ0) is 18.0. The van der Waals surface area contributed by atoms with E-state index in [1.165, 1.54) is 6.92 Å². The molecule has 0 atom stereocenters. The highest BCUT2D eigenvalue weighted by atomic mass is 16.5. The molecule has 0 spiro atoms. The van der Waals surface area contributed by atoms with Gasteiger partial charge in [-0.1, -0.05) is 30.3 Å². The number of methoxy groups -OCH3 is 1. The summed E-state index contributed by atoms with van der Waals surface area (Å²) in [5.74, 6) is -0.314. The van der Waals surface area contributed by atoms with E-state index in [1.54, 1.807) is 17.7 Å². The van der Waals surface area contributed by atoms with Crippen molar-refractivity contribution in [3.63, 3.8) is 0 Å². The molecule has 25 heavy (non-hydrogen) atoms. The quantitative estimate of drug-likeness (QED) is 0.764. The molecular formula is C20H19NO4. The summed E-state index contributed by atoms with van der Waals surface area (Å²) in [5.41, 5.74) is 3.23. The Bertz CT molecular complexity index is 941. The standard InChI is InChI=1S/C20H19NO4/c1-13(22)21-18-10-8-15(25-2)12-17(18)16(9-11-19(23)24)20(21)14-6-4-3-5-7-14/h3-8,10,12H,9,11H2,1-2H3,(H,23,24). The van der Waals surface area contributed by atoms with Crippen molar-refractivity contribution in [3.05, 3.63) is 54.1 Å². The monoisotopic (exact) mass is 337 g/mol. The zero-order valence-corrected chi connectivity index (χ0v) is 14.2. The lowest BCUT2D eigenvalue weighted by Gasteiger charge is -2.09. The minimum Gasteiger partial charge on any atom is -0.497 e. The van der Waals surface area contributed by atoms with Gasteiger partial charge in [-0.15, -0.1) is 0 Å². The Hall–Kier alpha value is -3.08. The molecule has 0 aliphatic heterocycles. The van der Waals surface area contributed by atoms with Gasteiger partial charge in [0.05, 0.1) is 18.3 Å². The highest BCUT2D eigenvalue weighted by Crippen LogP contribution is 2.36. The number of aryl methyl sites for hydroxylation is 1. The number of rotatable bonds is 5. The first-order valence-electron chi connectivity index (χ1n) is 8.02. The number of carboxylic acids is 1. The number of ether oxygens (including phenoxy) is 1. The summed E-state index contributed by atoms with van der Waals surface area (Å²) in [4.78, 5) is 23.5. The number of fused-ring (bicyclic) bond motifs is 1. The van der Waals surface area contributed by atoms with Crippen LogP contribution in [0.2, 0.25) is 0 Å². The normalized spacial score (nSPS) is 10.8. The van der Waals surface area contributed by atoms with Crippen LogP contribution in [0.5, 0.6) is 5.75 Å². The van der Waals surface area contributed by atoms with E-state index in [0.29, 0.717) is 12.2 Å². The maximum absolute atomic E-state index is 12.4. The largest absolute Gasteiger partial charge is 0.497 e. The maximum atomic E-state index is 12.4. The van der Waals surface area contributed by atoms with Crippen molar-refractivity contribution in [2.45, 2.75) is 19.8 Å². The zero-order valence-electron chi connectivity index (χ0n) is 14.2. The summed E-state index contributed by atoms with van der Waals surface area (Å²) in [6, 6.07) is 15.1. The number of carbonyl (C=O) groups excluding carboxylic acids is 1. The van der Waals surface area contributed by atoms with Crippen molar-refractivity contribution in [1.82, 2.24) is 4.57 Å². The van der Waals surface area contributed by atoms with E-state index in [2.05, 4.69) is 0 Å². The van der Waals surface area contributed by atoms with E-state index in [1.807, 2.05) is 42.5 Å². The Morgan fingerprint density at radius 1 is 1.12 bits per heavy atom. The van der Waals surface area contributed by atoms with Crippen molar-refractivity contribution in [2.24, 2.45) is 0 Å². The van der Waals surface area contributed by atoms with E-state index in [-0.39, 0.29) is 12.3 Å². The molecule has 0 saturated heterocycles. The summed E-state index contributed by atoms with van der Waals surface area (Å²) >= 11 is 0. The average Bonchev–Trinajstić information content (AvgIpc) is 2.94. The van der Waals surface area contributed by atoms with Gasteiger partial charge in [0.15, 0.2) is 0 Å². The number of hydrogen-bond donors (Lipinski definition) is 1. The minimum atomic E-state index is -0.870. The Kier molecular flexibility index (Phi) is 4.57. The molecule has 3 rings (SSSR count). The van der Waals surface area contributed by atoms with Crippen molar-refractivity contribution in [2.75, 3.05) is 7.11 Å². The Morgan fingerprint density at radius 2 is 1.84 bits per heavy atom. The third-order valence-corrected chi connectivity index (χ3v) is 4.23. The van der Waals surface area contributed by atoms with Crippen LogP contribution in [0.15, 0.2) is 48.5 Å². The average molecular weight is 337 g/mol. The van der Waals surface area contributed by atoms with Gasteiger partial charge < -0.3 is 9.84 Å². The molecule has 2 aromatic carbocycles. The first-order valence-corrected chi connectivity index (χ1v) is 8.02. The molecule has 0 fully saturated rings. The van der Waals surface area contributed by atoms with Gasteiger partial charge in [0.2, 0.25) is 5.91 Å². The van der Waals surface area contributed by atoms with E-state index < -0.39 is 5.97 Å². The van der Waals surface area contributed by atoms with Gasteiger partial charge in [0.25, 0.3) is 0 Å². The Labute approximate surface area is 145 Å².